The van der Waals surface area contributed by atoms with Crippen LogP contribution in [0.4, 0.5) is 11.4 Å². The molecule has 0 saturated heterocycles. The highest BCUT2D eigenvalue weighted by molar-refractivity contribution is 5.55. The Balaban J connectivity index is 0.00000138. The number of ether oxygens (including phenoxy) is 1. The van der Waals surface area contributed by atoms with E-state index in [1.807, 2.05) is 41.5 Å². The Kier molecular flexibility index (Phi) is 14.4. The molecule has 0 aliphatic carbocycles. The molecular formula is C30H30N6O6. The normalized spacial score (nSPS) is 8.98. The summed E-state index contributed by atoms with van der Waals surface area (Å²) in [7, 11) is 0. The van der Waals surface area contributed by atoms with Gasteiger partial charge in [-0.2, -0.15) is 9.98 Å². The average molecular weight is 571 g/mol. The molecule has 4 rings (SSSR count). The molecule has 0 N–H and O–H groups in total. The molecule has 0 atom stereocenters. The zero-order valence-electron chi connectivity index (χ0n) is 24.1. The number of hydrogen-bond donors (Lipinski definition) is 0. The summed E-state index contributed by atoms with van der Waals surface area (Å²) in [6.07, 6.45) is 4.26. The van der Waals surface area contributed by atoms with E-state index in [9.17, 15) is 24.0 Å². The molecule has 0 fully saturated rings. The molecule has 0 aliphatic rings. The van der Waals surface area contributed by atoms with Gasteiger partial charge in [0.2, 0.25) is 12.2 Å². The lowest BCUT2D eigenvalue weighted by Crippen LogP contribution is -2.52. The number of isocyanates is 2. The summed E-state index contributed by atoms with van der Waals surface area (Å²) >= 11 is 0. The Morgan fingerprint density at radius 2 is 0.952 bits per heavy atom. The van der Waals surface area contributed by atoms with Crippen molar-refractivity contribution >= 4 is 23.5 Å². The summed E-state index contributed by atoms with van der Waals surface area (Å²) in [4.78, 5) is 69.0. The molecule has 4 aromatic rings. The van der Waals surface area contributed by atoms with Gasteiger partial charge in [0.05, 0.1) is 28.4 Å². The summed E-state index contributed by atoms with van der Waals surface area (Å²) in [5.41, 5.74) is -2.86. The number of carbonyl (C=O) groups excluding carboxylic acids is 2. The van der Waals surface area contributed by atoms with Gasteiger partial charge in [-0.05, 0) is 48.5 Å². The van der Waals surface area contributed by atoms with Crippen LogP contribution in [-0.2, 0) is 9.59 Å². The van der Waals surface area contributed by atoms with Crippen molar-refractivity contribution in [1.29, 1.82) is 5.26 Å². The Bertz CT molecular complexity index is 1720. The number of aromatic nitrogens is 3. The molecule has 216 valence electrons. The van der Waals surface area contributed by atoms with Crippen molar-refractivity contribution in [3.63, 3.8) is 0 Å². The van der Waals surface area contributed by atoms with Gasteiger partial charge in [-0.3, -0.25) is 0 Å². The average Bonchev–Trinajstić information content (AvgIpc) is 3.01. The maximum absolute atomic E-state index is 13.5. The smallest absolute Gasteiger partial charge is 0.345 e. The topological polar surface area (TPSA) is 158 Å². The van der Waals surface area contributed by atoms with Gasteiger partial charge < -0.3 is 4.74 Å². The van der Waals surface area contributed by atoms with E-state index in [1.54, 1.807) is 0 Å². The largest absolute Gasteiger partial charge is 0.388 e. The third-order valence-electron chi connectivity index (χ3n) is 4.91. The molecular weight excluding hydrogens is 540 g/mol. The van der Waals surface area contributed by atoms with Crippen LogP contribution in [0.2, 0.25) is 0 Å². The molecule has 0 bridgehead atoms. The predicted molar refractivity (Wildman–Crippen MR) is 159 cm³/mol. The number of rotatable bonds is 6. The van der Waals surface area contributed by atoms with Gasteiger partial charge in [0, 0.05) is 6.07 Å². The van der Waals surface area contributed by atoms with Crippen LogP contribution in [0, 0.1) is 11.5 Å². The van der Waals surface area contributed by atoms with E-state index in [2.05, 4.69) is 9.98 Å². The predicted octanol–water partition coefficient (Wildman–Crippen LogP) is 5.01. The third-order valence-corrected chi connectivity index (χ3v) is 4.91. The minimum atomic E-state index is -1.04. The highest BCUT2D eigenvalue weighted by atomic mass is 16.5. The van der Waals surface area contributed by atoms with E-state index in [0.717, 1.165) is 0 Å². The number of benzene rings is 3. The van der Waals surface area contributed by atoms with Crippen molar-refractivity contribution in [2.24, 2.45) is 9.98 Å². The van der Waals surface area contributed by atoms with E-state index in [-0.39, 0.29) is 34.2 Å². The molecule has 0 amide bonds. The first-order chi connectivity index (χ1) is 20.5. The van der Waals surface area contributed by atoms with Gasteiger partial charge in [0.25, 0.3) is 6.26 Å². The number of hydrogen-bond acceptors (Lipinski definition) is 9. The van der Waals surface area contributed by atoms with Gasteiger partial charge >= 0.3 is 17.1 Å². The lowest BCUT2D eigenvalue weighted by molar-refractivity contribution is 0.506. The minimum absolute atomic E-state index is 0.00406. The Labute approximate surface area is 241 Å². The van der Waals surface area contributed by atoms with Crippen LogP contribution in [0.3, 0.4) is 0 Å². The van der Waals surface area contributed by atoms with E-state index in [1.165, 1.54) is 91.2 Å². The molecule has 1 aromatic heterocycles. The first-order valence-corrected chi connectivity index (χ1v) is 13.0. The van der Waals surface area contributed by atoms with Crippen molar-refractivity contribution in [3.05, 3.63) is 104 Å². The van der Waals surface area contributed by atoms with Gasteiger partial charge in [-0.15, -0.1) is 5.26 Å². The quantitative estimate of drug-likeness (QED) is 0.179. The molecule has 0 aliphatic heterocycles. The monoisotopic (exact) mass is 570 g/mol. The van der Waals surface area contributed by atoms with Crippen molar-refractivity contribution < 1.29 is 14.3 Å². The van der Waals surface area contributed by atoms with Crippen LogP contribution < -0.4 is 21.8 Å². The number of nitrogens with zero attached hydrogens (tertiary/aromatic N) is 6. The van der Waals surface area contributed by atoms with Crippen LogP contribution in [0.1, 0.15) is 41.5 Å². The first-order valence-electron chi connectivity index (χ1n) is 13.0. The summed E-state index contributed by atoms with van der Waals surface area (Å²) < 4.78 is 6.92. The van der Waals surface area contributed by atoms with Crippen molar-refractivity contribution in [2.75, 3.05) is 0 Å². The van der Waals surface area contributed by atoms with Crippen LogP contribution in [0.15, 0.2) is 97.2 Å². The Morgan fingerprint density at radius 1 is 0.595 bits per heavy atom. The van der Waals surface area contributed by atoms with E-state index >= 15 is 0 Å². The highest BCUT2D eigenvalue weighted by Gasteiger charge is 2.20. The molecule has 1 heterocycles. The van der Waals surface area contributed by atoms with Gasteiger partial charge in [-0.25, -0.2) is 37.7 Å². The molecule has 42 heavy (non-hydrogen) atoms. The van der Waals surface area contributed by atoms with Crippen molar-refractivity contribution in [1.82, 2.24) is 13.7 Å². The third kappa shape index (κ3) is 7.83. The Morgan fingerprint density at radius 3 is 1.31 bits per heavy atom. The Hall–Kier alpha value is -5.88. The highest BCUT2D eigenvalue weighted by Crippen LogP contribution is 2.18. The van der Waals surface area contributed by atoms with Gasteiger partial charge in [0.1, 0.15) is 5.75 Å². The zero-order chi connectivity index (χ0) is 31.7. The first kappa shape index (κ1) is 34.1. The molecule has 0 saturated carbocycles. The van der Waals surface area contributed by atoms with Crippen molar-refractivity contribution in [2.45, 2.75) is 41.5 Å². The fourth-order valence-electron chi connectivity index (χ4n) is 3.46. The van der Waals surface area contributed by atoms with Crippen molar-refractivity contribution in [3.8, 4) is 29.1 Å². The van der Waals surface area contributed by atoms with E-state index in [0.29, 0.717) is 13.7 Å². The second-order valence-corrected chi connectivity index (χ2v) is 6.99. The standard InChI is InChI=1S/C24H12N6O6.3C2H6/c25-13-36-21-9-3-8-20(12-21)30-23(34)28(18-6-1-4-16(10-18)26-14-31)22(33)29(24(30)35)19-7-2-5-17(11-19)27-15-32;3*1-2/h1-12H;3*1-2H3. The van der Waals surface area contributed by atoms with E-state index < -0.39 is 17.1 Å². The lowest BCUT2D eigenvalue weighted by Gasteiger charge is -2.15. The van der Waals surface area contributed by atoms with Gasteiger partial charge in [-0.1, -0.05) is 59.7 Å². The summed E-state index contributed by atoms with van der Waals surface area (Å²) in [5, 5.41) is 8.83. The lowest BCUT2D eigenvalue weighted by atomic mass is 10.2. The second kappa shape index (κ2) is 17.7. The molecule has 0 spiro atoms. The fraction of sp³-hybridized carbons (Fsp3) is 0.200. The molecule has 12 heteroatoms. The minimum Gasteiger partial charge on any atom is -0.388 e. The SMILES string of the molecule is CC.CC.CC.N#COc1cccc(-n2c(=O)n(-c3cccc(N=C=O)c3)c(=O)n(-c3cccc(N=C=O)c3)c2=O)c1. The maximum Gasteiger partial charge on any atom is 0.345 e. The summed E-state index contributed by atoms with van der Waals surface area (Å²) in [5.74, 6) is 0.0511. The van der Waals surface area contributed by atoms with Crippen LogP contribution in [0.25, 0.3) is 17.1 Å². The van der Waals surface area contributed by atoms with Crippen LogP contribution in [0.5, 0.6) is 5.75 Å². The zero-order valence-corrected chi connectivity index (χ0v) is 24.1. The van der Waals surface area contributed by atoms with Crippen LogP contribution in [-0.4, -0.2) is 25.9 Å². The second-order valence-electron chi connectivity index (χ2n) is 6.99. The fourth-order valence-corrected chi connectivity index (χ4v) is 3.46. The van der Waals surface area contributed by atoms with Gasteiger partial charge in [0.15, 0.2) is 0 Å². The molecule has 0 unspecified atom stereocenters. The summed E-state index contributed by atoms with van der Waals surface area (Å²) in [6, 6.07) is 16.8. The molecule has 0 radical (unpaired) electrons. The number of aliphatic imine (C=N–C) groups is 2. The summed E-state index contributed by atoms with van der Waals surface area (Å²) in [6.45, 7) is 12.0. The molecule has 12 nitrogen and oxygen atoms in total. The van der Waals surface area contributed by atoms with E-state index in [4.69, 9.17) is 10.00 Å². The number of nitriles is 1. The maximum atomic E-state index is 13.5. The molecule has 3 aromatic carbocycles. The van der Waals surface area contributed by atoms with Crippen LogP contribution >= 0.6 is 0 Å².